The number of hydrogen-bond donors (Lipinski definition) is 1. The van der Waals surface area contributed by atoms with Crippen LogP contribution in [0.3, 0.4) is 0 Å². The van der Waals surface area contributed by atoms with Crippen molar-refractivity contribution in [2.45, 2.75) is 13.8 Å². The number of benzene rings is 2. The zero-order valence-electron chi connectivity index (χ0n) is 16.0. The summed E-state index contributed by atoms with van der Waals surface area (Å²) in [6.07, 6.45) is 0. The Hall–Kier alpha value is -3.52. The number of methoxy groups -OCH3 is 1. The molecule has 0 aliphatic rings. The van der Waals surface area contributed by atoms with Crippen LogP contribution in [0.2, 0.25) is 0 Å². The molecule has 1 amide bonds. The third-order valence-corrected chi connectivity index (χ3v) is 5.32. The minimum absolute atomic E-state index is 0.106. The quantitative estimate of drug-likeness (QED) is 0.363. The highest BCUT2D eigenvalue weighted by molar-refractivity contribution is 7.15. The van der Waals surface area contributed by atoms with E-state index in [1.54, 1.807) is 5.38 Å². The number of nitro groups is 1. The van der Waals surface area contributed by atoms with Gasteiger partial charge in [0.1, 0.15) is 10.6 Å². The maximum absolute atomic E-state index is 12.6. The Morgan fingerprint density at radius 3 is 2.34 bits per heavy atom. The van der Waals surface area contributed by atoms with Crippen LogP contribution in [0.25, 0.3) is 11.1 Å². The second-order valence-electron chi connectivity index (χ2n) is 6.42. The van der Waals surface area contributed by atoms with E-state index in [-0.39, 0.29) is 16.8 Å². The fraction of sp³-hybridized carbons (Fsp3) is 0.143. The molecule has 148 valence electrons. The van der Waals surface area contributed by atoms with E-state index in [1.807, 2.05) is 32.0 Å². The van der Waals surface area contributed by atoms with Crippen LogP contribution in [0.1, 0.15) is 31.8 Å². The predicted octanol–water partition coefficient (Wildman–Crippen LogP) is 4.98. The standard InChI is InChI=1S/C21H18N2O5S/c1-12-4-9-16(13(2)10-12)17-11-29-20(18(17)21(25)28-3)22-19(24)14-5-7-15(8-6-14)23(26)27/h4-11H,1-3H3,(H,22,24). The van der Waals surface area contributed by atoms with Gasteiger partial charge in [-0.2, -0.15) is 0 Å². The smallest absolute Gasteiger partial charge is 0.341 e. The number of nitrogens with zero attached hydrogens (tertiary/aromatic N) is 1. The summed E-state index contributed by atoms with van der Waals surface area (Å²) in [7, 11) is 1.29. The van der Waals surface area contributed by atoms with E-state index < -0.39 is 16.8 Å². The SMILES string of the molecule is COC(=O)c1c(-c2ccc(C)cc2C)csc1NC(=O)c1ccc([N+](=O)[O-])cc1. The number of ether oxygens (including phenoxy) is 1. The summed E-state index contributed by atoms with van der Waals surface area (Å²) in [5.41, 5.74) is 4.08. The average molecular weight is 410 g/mol. The zero-order chi connectivity index (χ0) is 21.1. The number of rotatable bonds is 5. The van der Waals surface area contributed by atoms with Gasteiger partial charge in [0.25, 0.3) is 11.6 Å². The minimum Gasteiger partial charge on any atom is -0.465 e. The minimum atomic E-state index is -0.555. The molecule has 0 atom stereocenters. The molecule has 0 radical (unpaired) electrons. The molecule has 0 spiro atoms. The number of nitro benzene ring substituents is 1. The van der Waals surface area contributed by atoms with Crippen molar-refractivity contribution in [3.05, 3.63) is 80.2 Å². The highest BCUT2D eigenvalue weighted by Gasteiger charge is 2.23. The van der Waals surface area contributed by atoms with E-state index >= 15 is 0 Å². The van der Waals surface area contributed by atoms with Crippen molar-refractivity contribution in [1.82, 2.24) is 0 Å². The largest absolute Gasteiger partial charge is 0.465 e. The summed E-state index contributed by atoms with van der Waals surface area (Å²) in [4.78, 5) is 35.3. The Kier molecular flexibility index (Phi) is 5.74. The number of anilines is 1. The van der Waals surface area contributed by atoms with E-state index in [4.69, 9.17) is 4.74 Å². The molecule has 3 rings (SSSR count). The summed E-state index contributed by atoms with van der Waals surface area (Å²) in [6.45, 7) is 3.94. The van der Waals surface area contributed by atoms with Gasteiger partial charge in [0, 0.05) is 28.6 Å². The first-order valence-corrected chi connectivity index (χ1v) is 9.53. The summed E-state index contributed by atoms with van der Waals surface area (Å²) in [6, 6.07) is 11.1. The molecular formula is C21H18N2O5S. The molecule has 29 heavy (non-hydrogen) atoms. The maximum atomic E-state index is 12.6. The van der Waals surface area contributed by atoms with Gasteiger partial charge in [0.15, 0.2) is 0 Å². The van der Waals surface area contributed by atoms with Crippen molar-refractivity contribution in [2.24, 2.45) is 0 Å². The molecule has 1 heterocycles. The number of carbonyl (C=O) groups is 2. The molecule has 1 aromatic heterocycles. The number of carbonyl (C=O) groups excluding carboxylic acids is 2. The van der Waals surface area contributed by atoms with E-state index in [0.717, 1.165) is 16.7 Å². The number of aryl methyl sites for hydroxylation is 2. The van der Waals surface area contributed by atoms with Crippen molar-refractivity contribution >= 4 is 33.9 Å². The van der Waals surface area contributed by atoms with E-state index in [2.05, 4.69) is 5.32 Å². The summed E-state index contributed by atoms with van der Waals surface area (Å²) in [5.74, 6) is -1.03. The lowest BCUT2D eigenvalue weighted by molar-refractivity contribution is -0.384. The number of non-ortho nitro benzene ring substituents is 1. The molecule has 0 saturated heterocycles. The molecular weight excluding hydrogens is 392 g/mol. The Morgan fingerprint density at radius 2 is 1.76 bits per heavy atom. The predicted molar refractivity (Wildman–Crippen MR) is 112 cm³/mol. The van der Waals surface area contributed by atoms with Gasteiger partial charge < -0.3 is 10.1 Å². The zero-order valence-corrected chi connectivity index (χ0v) is 16.8. The van der Waals surface area contributed by atoms with Crippen LogP contribution in [0.5, 0.6) is 0 Å². The van der Waals surface area contributed by atoms with Crippen LogP contribution in [0, 0.1) is 24.0 Å². The molecule has 0 aliphatic heterocycles. The van der Waals surface area contributed by atoms with Crippen LogP contribution < -0.4 is 5.32 Å². The number of esters is 1. The van der Waals surface area contributed by atoms with Crippen molar-refractivity contribution in [1.29, 1.82) is 0 Å². The van der Waals surface area contributed by atoms with Crippen LogP contribution in [0.15, 0.2) is 47.8 Å². The van der Waals surface area contributed by atoms with Crippen molar-refractivity contribution in [3.8, 4) is 11.1 Å². The summed E-state index contributed by atoms with van der Waals surface area (Å²) < 4.78 is 4.93. The van der Waals surface area contributed by atoms with Gasteiger partial charge in [0.2, 0.25) is 0 Å². The molecule has 3 aromatic rings. The first kappa shape index (κ1) is 20.2. The lowest BCUT2D eigenvalue weighted by Gasteiger charge is -2.10. The van der Waals surface area contributed by atoms with Gasteiger partial charge in [-0.15, -0.1) is 11.3 Å². The number of thiophene rings is 1. The Bertz CT molecular complexity index is 1100. The molecule has 2 aromatic carbocycles. The molecule has 7 nitrogen and oxygen atoms in total. The first-order chi connectivity index (χ1) is 13.8. The third kappa shape index (κ3) is 4.17. The van der Waals surface area contributed by atoms with Crippen LogP contribution in [0.4, 0.5) is 10.7 Å². The summed E-state index contributed by atoms with van der Waals surface area (Å²) in [5, 5.41) is 15.6. The summed E-state index contributed by atoms with van der Waals surface area (Å²) >= 11 is 1.22. The van der Waals surface area contributed by atoms with E-state index in [1.165, 1.54) is 42.7 Å². The van der Waals surface area contributed by atoms with Gasteiger partial charge in [-0.3, -0.25) is 14.9 Å². The maximum Gasteiger partial charge on any atom is 0.341 e. The van der Waals surface area contributed by atoms with Crippen molar-refractivity contribution < 1.29 is 19.2 Å². The topological polar surface area (TPSA) is 98.5 Å². The Morgan fingerprint density at radius 1 is 1.07 bits per heavy atom. The third-order valence-electron chi connectivity index (χ3n) is 4.42. The van der Waals surface area contributed by atoms with Crippen molar-refractivity contribution in [2.75, 3.05) is 12.4 Å². The molecule has 0 aliphatic carbocycles. The number of amides is 1. The van der Waals surface area contributed by atoms with Gasteiger partial charge >= 0.3 is 5.97 Å². The lowest BCUT2D eigenvalue weighted by atomic mass is 9.97. The molecule has 0 unspecified atom stereocenters. The van der Waals surface area contributed by atoms with Crippen molar-refractivity contribution in [3.63, 3.8) is 0 Å². The van der Waals surface area contributed by atoms with E-state index in [9.17, 15) is 19.7 Å². The highest BCUT2D eigenvalue weighted by atomic mass is 32.1. The van der Waals surface area contributed by atoms with Crippen LogP contribution in [-0.2, 0) is 4.74 Å². The average Bonchev–Trinajstić information content (AvgIpc) is 3.10. The van der Waals surface area contributed by atoms with Gasteiger partial charge in [-0.25, -0.2) is 4.79 Å². The molecule has 0 fully saturated rings. The lowest BCUT2D eigenvalue weighted by Crippen LogP contribution is -2.14. The Balaban J connectivity index is 1.97. The van der Waals surface area contributed by atoms with E-state index in [0.29, 0.717) is 10.6 Å². The normalized spacial score (nSPS) is 10.4. The van der Waals surface area contributed by atoms with Crippen LogP contribution >= 0.6 is 11.3 Å². The monoisotopic (exact) mass is 410 g/mol. The first-order valence-electron chi connectivity index (χ1n) is 8.65. The second-order valence-corrected chi connectivity index (χ2v) is 7.30. The molecule has 8 heteroatoms. The second kappa shape index (κ2) is 8.24. The fourth-order valence-electron chi connectivity index (χ4n) is 2.98. The number of nitrogens with one attached hydrogen (secondary N) is 1. The molecule has 1 N–H and O–H groups in total. The molecule has 0 bridgehead atoms. The highest BCUT2D eigenvalue weighted by Crippen LogP contribution is 2.38. The van der Waals surface area contributed by atoms with Crippen LogP contribution in [-0.4, -0.2) is 23.9 Å². The van der Waals surface area contributed by atoms with Gasteiger partial charge in [-0.05, 0) is 37.1 Å². The Labute approximate surface area is 171 Å². The molecule has 0 saturated carbocycles. The van der Waals surface area contributed by atoms with Gasteiger partial charge in [0.05, 0.1) is 12.0 Å². The fourth-order valence-corrected chi connectivity index (χ4v) is 3.92. The van der Waals surface area contributed by atoms with Gasteiger partial charge in [-0.1, -0.05) is 23.8 Å². The number of hydrogen-bond acceptors (Lipinski definition) is 6.